The van der Waals surface area contributed by atoms with E-state index in [1.807, 2.05) is 12.1 Å². The Kier molecular flexibility index (Phi) is 2.53. The molecule has 1 aliphatic heterocycles. The van der Waals surface area contributed by atoms with E-state index in [4.69, 9.17) is 0 Å². The van der Waals surface area contributed by atoms with Gasteiger partial charge in [-0.3, -0.25) is 9.78 Å². The van der Waals surface area contributed by atoms with Crippen molar-refractivity contribution in [1.29, 1.82) is 0 Å². The molecule has 1 amide bonds. The first-order valence-electron chi connectivity index (χ1n) is 6.08. The van der Waals surface area contributed by atoms with Crippen LogP contribution in [0.2, 0.25) is 0 Å². The van der Waals surface area contributed by atoms with E-state index in [9.17, 15) is 4.79 Å². The standard InChI is InChI=1S/C14H20N2O/c1-9(2)14(13(3,4)5)11-10(16-12(14)17)7-6-8-15-11/h6-9H,1-5H3,(H,16,17). The van der Waals surface area contributed by atoms with Crippen molar-refractivity contribution in [2.24, 2.45) is 11.3 Å². The second-order valence-corrected chi connectivity index (χ2v) is 6.07. The minimum absolute atomic E-state index is 0.0775. The molecule has 2 rings (SSSR count). The molecule has 1 atom stereocenters. The zero-order valence-corrected chi connectivity index (χ0v) is 11.2. The average molecular weight is 232 g/mol. The molecule has 17 heavy (non-hydrogen) atoms. The summed E-state index contributed by atoms with van der Waals surface area (Å²) in [6.45, 7) is 10.5. The number of hydrogen-bond acceptors (Lipinski definition) is 2. The van der Waals surface area contributed by atoms with Gasteiger partial charge < -0.3 is 5.32 Å². The van der Waals surface area contributed by atoms with Crippen molar-refractivity contribution >= 4 is 11.6 Å². The van der Waals surface area contributed by atoms with Crippen LogP contribution in [0.25, 0.3) is 0 Å². The Labute approximate surface area is 103 Å². The van der Waals surface area contributed by atoms with Crippen molar-refractivity contribution < 1.29 is 4.79 Å². The third kappa shape index (κ3) is 1.41. The number of fused-ring (bicyclic) bond motifs is 1. The van der Waals surface area contributed by atoms with Crippen LogP contribution in [0.1, 0.15) is 40.3 Å². The van der Waals surface area contributed by atoms with E-state index < -0.39 is 5.41 Å². The second kappa shape index (κ2) is 3.56. The summed E-state index contributed by atoms with van der Waals surface area (Å²) in [6, 6.07) is 3.79. The van der Waals surface area contributed by atoms with Crippen LogP contribution < -0.4 is 5.32 Å². The molecule has 0 saturated carbocycles. The van der Waals surface area contributed by atoms with Crippen molar-refractivity contribution in [3.05, 3.63) is 24.0 Å². The topological polar surface area (TPSA) is 42.0 Å². The lowest BCUT2D eigenvalue weighted by atomic mass is 9.59. The Bertz CT molecular complexity index is 460. The van der Waals surface area contributed by atoms with Gasteiger partial charge in [-0.1, -0.05) is 34.6 Å². The maximum Gasteiger partial charge on any atom is 0.237 e. The predicted octanol–water partition coefficient (Wildman–Crippen LogP) is 2.97. The number of hydrogen-bond donors (Lipinski definition) is 1. The van der Waals surface area contributed by atoms with Gasteiger partial charge >= 0.3 is 0 Å². The maximum atomic E-state index is 12.5. The molecule has 0 fully saturated rings. The molecule has 2 heterocycles. The van der Waals surface area contributed by atoms with Crippen molar-refractivity contribution in [2.75, 3.05) is 5.32 Å². The summed E-state index contributed by atoms with van der Waals surface area (Å²) < 4.78 is 0. The van der Waals surface area contributed by atoms with E-state index in [-0.39, 0.29) is 17.2 Å². The number of nitrogens with one attached hydrogen (secondary N) is 1. The molecule has 0 aliphatic carbocycles. The Balaban J connectivity index is 2.74. The molecule has 1 unspecified atom stereocenters. The fourth-order valence-corrected chi connectivity index (χ4v) is 3.25. The summed E-state index contributed by atoms with van der Waals surface area (Å²) in [4.78, 5) is 17.0. The lowest BCUT2D eigenvalue weighted by molar-refractivity contribution is -0.127. The highest BCUT2D eigenvalue weighted by Gasteiger charge is 2.57. The minimum Gasteiger partial charge on any atom is -0.324 e. The van der Waals surface area contributed by atoms with Crippen LogP contribution in [-0.4, -0.2) is 10.9 Å². The summed E-state index contributed by atoms with van der Waals surface area (Å²) >= 11 is 0. The van der Waals surface area contributed by atoms with Crippen molar-refractivity contribution in [2.45, 2.75) is 40.0 Å². The van der Waals surface area contributed by atoms with Crippen LogP contribution in [0.4, 0.5) is 5.69 Å². The molecule has 3 heteroatoms. The Morgan fingerprint density at radius 1 is 1.35 bits per heavy atom. The monoisotopic (exact) mass is 232 g/mol. The lowest BCUT2D eigenvalue weighted by Gasteiger charge is -2.42. The summed E-state index contributed by atoms with van der Waals surface area (Å²) in [7, 11) is 0. The molecule has 1 aromatic rings. The number of rotatable bonds is 1. The number of carbonyl (C=O) groups is 1. The largest absolute Gasteiger partial charge is 0.324 e. The van der Waals surface area contributed by atoms with Gasteiger partial charge in [-0.25, -0.2) is 0 Å². The lowest BCUT2D eigenvalue weighted by Crippen LogP contribution is -2.50. The van der Waals surface area contributed by atoms with Gasteiger partial charge in [0, 0.05) is 6.20 Å². The first-order chi connectivity index (χ1) is 7.81. The van der Waals surface area contributed by atoms with Crippen molar-refractivity contribution in [1.82, 2.24) is 4.98 Å². The first-order valence-corrected chi connectivity index (χ1v) is 6.08. The highest BCUT2D eigenvalue weighted by molar-refractivity contribution is 6.06. The molecule has 0 radical (unpaired) electrons. The van der Waals surface area contributed by atoms with Gasteiger partial charge in [-0.15, -0.1) is 0 Å². The third-order valence-electron chi connectivity index (χ3n) is 3.84. The SMILES string of the molecule is CC(C)C1(C(C)(C)C)C(=O)Nc2cccnc21. The van der Waals surface area contributed by atoms with Crippen molar-refractivity contribution in [3.63, 3.8) is 0 Å². The zero-order chi connectivity index (χ0) is 12.8. The average Bonchev–Trinajstić information content (AvgIpc) is 2.49. The fraction of sp³-hybridized carbons (Fsp3) is 0.571. The molecule has 0 saturated heterocycles. The van der Waals surface area contributed by atoms with E-state index in [0.717, 1.165) is 11.4 Å². The molecular weight excluding hydrogens is 212 g/mol. The van der Waals surface area contributed by atoms with Crippen LogP contribution in [0.5, 0.6) is 0 Å². The summed E-state index contributed by atoms with van der Waals surface area (Å²) in [5.41, 5.74) is 1.06. The van der Waals surface area contributed by atoms with Gasteiger partial charge in [0.25, 0.3) is 0 Å². The number of aromatic nitrogens is 1. The molecule has 1 aromatic heterocycles. The van der Waals surface area contributed by atoms with Gasteiger partial charge in [0.1, 0.15) is 5.41 Å². The quantitative estimate of drug-likeness (QED) is 0.808. The molecule has 0 aromatic carbocycles. The predicted molar refractivity (Wildman–Crippen MR) is 68.8 cm³/mol. The number of pyridine rings is 1. The van der Waals surface area contributed by atoms with E-state index in [0.29, 0.717) is 0 Å². The van der Waals surface area contributed by atoms with E-state index in [1.165, 1.54) is 0 Å². The minimum atomic E-state index is -0.538. The van der Waals surface area contributed by atoms with Crippen LogP contribution in [-0.2, 0) is 10.2 Å². The Morgan fingerprint density at radius 3 is 2.53 bits per heavy atom. The maximum absolute atomic E-state index is 12.5. The fourth-order valence-electron chi connectivity index (χ4n) is 3.25. The van der Waals surface area contributed by atoms with Crippen LogP contribution in [0.3, 0.4) is 0 Å². The highest BCUT2D eigenvalue weighted by Crippen LogP contribution is 2.52. The first kappa shape index (κ1) is 12.1. The molecule has 92 valence electrons. The molecule has 1 aliphatic rings. The van der Waals surface area contributed by atoms with Gasteiger partial charge in [-0.2, -0.15) is 0 Å². The van der Waals surface area contributed by atoms with E-state index >= 15 is 0 Å². The summed E-state index contributed by atoms with van der Waals surface area (Å²) in [5, 5.41) is 2.97. The highest BCUT2D eigenvalue weighted by atomic mass is 16.2. The normalized spacial score (nSPS) is 23.8. The van der Waals surface area contributed by atoms with E-state index in [1.54, 1.807) is 6.20 Å². The van der Waals surface area contributed by atoms with Crippen LogP contribution in [0, 0.1) is 11.3 Å². The Morgan fingerprint density at radius 2 is 2.00 bits per heavy atom. The number of anilines is 1. The van der Waals surface area contributed by atoms with Gasteiger partial charge in [-0.05, 0) is 23.5 Å². The molecule has 1 N–H and O–H groups in total. The van der Waals surface area contributed by atoms with Crippen LogP contribution in [0.15, 0.2) is 18.3 Å². The Hall–Kier alpha value is -1.38. The van der Waals surface area contributed by atoms with E-state index in [2.05, 4.69) is 44.9 Å². The smallest absolute Gasteiger partial charge is 0.237 e. The number of carbonyl (C=O) groups excluding carboxylic acids is 1. The van der Waals surface area contributed by atoms with Gasteiger partial charge in [0.15, 0.2) is 0 Å². The molecular formula is C14H20N2O. The van der Waals surface area contributed by atoms with Crippen LogP contribution >= 0.6 is 0 Å². The molecule has 3 nitrogen and oxygen atoms in total. The number of nitrogens with zero attached hydrogens (tertiary/aromatic N) is 1. The zero-order valence-electron chi connectivity index (χ0n) is 11.2. The van der Waals surface area contributed by atoms with Gasteiger partial charge in [0.2, 0.25) is 5.91 Å². The van der Waals surface area contributed by atoms with Gasteiger partial charge in [0.05, 0.1) is 11.4 Å². The second-order valence-electron chi connectivity index (χ2n) is 6.07. The summed E-state index contributed by atoms with van der Waals surface area (Å²) in [5.74, 6) is 0.285. The van der Waals surface area contributed by atoms with Crippen molar-refractivity contribution in [3.8, 4) is 0 Å². The molecule has 0 bridgehead atoms. The summed E-state index contributed by atoms with van der Waals surface area (Å²) in [6.07, 6.45) is 1.77. The third-order valence-corrected chi connectivity index (χ3v) is 3.84. The molecule has 0 spiro atoms. The number of amides is 1.